The van der Waals surface area contributed by atoms with Crippen molar-refractivity contribution in [1.82, 2.24) is 15.7 Å². The molecule has 2 atom stereocenters. The van der Waals surface area contributed by atoms with Gasteiger partial charge < -0.3 is 10.2 Å². The summed E-state index contributed by atoms with van der Waals surface area (Å²) >= 11 is 0. The molecule has 8 nitrogen and oxygen atoms in total. The molecule has 174 valence electrons. The van der Waals surface area contributed by atoms with Crippen LogP contribution in [0.1, 0.15) is 37.8 Å². The summed E-state index contributed by atoms with van der Waals surface area (Å²) in [4.78, 5) is 57.7. The zero-order chi connectivity index (χ0) is 23.8. The molecular formula is C25H29N3O5. The lowest BCUT2D eigenvalue weighted by molar-refractivity contribution is -0.153. The second-order valence-electron chi connectivity index (χ2n) is 8.28. The Labute approximate surface area is 193 Å². The van der Waals surface area contributed by atoms with Crippen molar-refractivity contribution in [2.45, 2.75) is 57.8 Å². The van der Waals surface area contributed by atoms with E-state index < -0.39 is 29.7 Å². The van der Waals surface area contributed by atoms with Gasteiger partial charge in [-0.3, -0.25) is 24.0 Å². The molecule has 1 saturated heterocycles. The number of rotatable bonds is 10. The minimum atomic E-state index is -1.08. The van der Waals surface area contributed by atoms with E-state index in [9.17, 15) is 19.2 Å². The van der Waals surface area contributed by atoms with Crippen LogP contribution in [0.3, 0.4) is 0 Å². The summed E-state index contributed by atoms with van der Waals surface area (Å²) in [6, 6.07) is 16.6. The first-order valence-electron chi connectivity index (χ1n) is 11.0. The fourth-order valence-corrected chi connectivity index (χ4v) is 3.68. The van der Waals surface area contributed by atoms with Crippen molar-refractivity contribution < 1.29 is 24.0 Å². The van der Waals surface area contributed by atoms with Crippen LogP contribution in [0.2, 0.25) is 0 Å². The maximum Gasteiger partial charge on any atom is 0.313 e. The molecule has 1 aliphatic rings. The van der Waals surface area contributed by atoms with E-state index in [0.717, 1.165) is 11.1 Å². The molecule has 1 aliphatic heterocycles. The lowest BCUT2D eigenvalue weighted by Crippen LogP contribution is -2.55. The molecule has 3 rings (SSSR count). The maximum atomic E-state index is 13.5. The summed E-state index contributed by atoms with van der Waals surface area (Å²) in [5.41, 5.74) is 3.79. The summed E-state index contributed by atoms with van der Waals surface area (Å²) in [5.74, 6) is -2.31. The van der Waals surface area contributed by atoms with E-state index >= 15 is 0 Å². The second kappa shape index (κ2) is 11.4. The summed E-state index contributed by atoms with van der Waals surface area (Å²) in [6.45, 7) is 3.56. The number of carbonyl (C=O) groups is 4. The molecule has 1 heterocycles. The lowest BCUT2D eigenvalue weighted by Gasteiger charge is -2.32. The van der Waals surface area contributed by atoms with Crippen molar-refractivity contribution in [2.75, 3.05) is 0 Å². The van der Waals surface area contributed by atoms with Crippen LogP contribution in [0, 0.1) is 0 Å². The third kappa shape index (κ3) is 6.73. The van der Waals surface area contributed by atoms with Crippen LogP contribution in [-0.4, -0.2) is 46.6 Å². The molecule has 8 heteroatoms. The Kier molecular flexibility index (Phi) is 8.32. The number of hydroxylamine groups is 1. The average molecular weight is 452 g/mol. The molecule has 1 fully saturated rings. The SMILES string of the molecule is CC(C)ONC(=O)C(=O)C(Cc1ccccc1)N(Cc1ccccc1)C(=O)[C@H]1CCC(=O)N1. The molecular weight excluding hydrogens is 422 g/mol. The van der Waals surface area contributed by atoms with Crippen molar-refractivity contribution in [2.24, 2.45) is 0 Å². The molecule has 2 aromatic rings. The number of Topliss-reactive ketones (excluding diaryl/α,β-unsaturated/α-hetero) is 1. The molecule has 0 aliphatic carbocycles. The van der Waals surface area contributed by atoms with Crippen LogP contribution in [0.15, 0.2) is 60.7 Å². The Hall–Kier alpha value is -3.52. The molecule has 2 aromatic carbocycles. The molecule has 2 N–H and O–H groups in total. The average Bonchev–Trinajstić information content (AvgIpc) is 3.26. The second-order valence-corrected chi connectivity index (χ2v) is 8.28. The first-order valence-corrected chi connectivity index (χ1v) is 11.0. The number of nitrogens with zero attached hydrogens (tertiary/aromatic N) is 1. The molecule has 0 radical (unpaired) electrons. The van der Waals surface area contributed by atoms with Gasteiger partial charge in [-0.05, 0) is 31.4 Å². The summed E-state index contributed by atoms with van der Waals surface area (Å²) in [5, 5.41) is 2.68. The van der Waals surface area contributed by atoms with Gasteiger partial charge >= 0.3 is 5.91 Å². The van der Waals surface area contributed by atoms with Gasteiger partial charge in [0.15, 0.2) is 0 Å². The highest BCUT2D eigenvalue weighted by molar-refractivity contribution is 6.38. The van der Waals surface area contributed by atoms with Gasteiger partial charge in [-0.1, -0.05) is 60.7 Å². The van der Waals surface area contributed by atoms with E-state index in [2.05, 4.69) is 10.8 Å². The molecule has 0 saturated carbocycles. The number of amides is 3. The smallest absolute Gasteiger partial charge is 0.313 e. The quantitative estimate of drug-likeness (QED) is 0.424. The number of carbonyl (C=O) groups excluding carboxylic acids is 4. The third-order valence-corrected chi connectivity index (χ3v) is 5.33. The van der Waals surface area contributed by atoms with E-state index in [1.165, 1.54) is 4.90 Å². The van der Waals surface area contributed by atoms with Crippen molar-refractivity contribution in [3.8, 4) is 0 Å². The Balaban J connectivity index is 1.95. The number of hydrogen-bond donors (Lipinski definition) is 2. The van der Waals surface area contributed by atoms with Gasteiger partial charge in [-0.15, -0.1) is 0 Å². The zero-order valence-corrected chi connectivity index (χ0v) is 18.8. The van der Waals surface area contributed by atoms with Gasteiger partial charge in [0.25, 0.3) is 0 Å². The van der Waals surface area contributed by atoms with E-state index in [1.807, 2.05) is 60.7 Å². The van der Waals surface area contributed by atoms with Gasteiger partial charge in [0.05, 0.1) is 6.10 Å². The first kappa shape index (κ1) is 24.1. The van der Waals surface area contributed by atoms with Gasteiger partial charge in [0.1, 0.15) is 12.1 Å². The normalized spacial score (nSPS) is 16.2. The number of ketones is 1. The van der Waals surface area contributed by atoms with E-state index in [4.69, 9.17) is 4.84 Å². The molecule has 1 unspecified atom stereocenters. The van der Waals surface area contributed by atoms with Gasteiger partial charge in [-0.2, -0.15) is 0 Å². The standard InChI is InChI=1S/C25H29N3O5/c1-17(2)33-27-24(31)23(30)21(15-18-9-5-3-6-10-18)28(16-19-11-7-4-8-12-19)25(32)20-13-14-22(29)26-20/h3-12,17,20-21H,13-16H2,1-2H3,(H,26,29)(H,27,31)/t20-,21?/m1/s1. The van der Waals surface area contributed by atoms with Crippen molar-refractivity contribution >= 4 is 23.5 Å². The number of hydrogen-bond acceptors (Lipinski definition) is 5. The van der Waals surface area contributed by atoms with Crippen molar-refractivity contribution in [1.29, 1.82) is 0 Å². The van der Waals surface area contributed by atoms with Crippen LogP contribution in [-0.2, 0) is 37.0 Å². The number of benzene rings is 2. The highest BCUT2D eigenvalue weighted by Gasteiger charge is 2.39. The number of nitrogens with one attached hydrogen (secondary N) is 2. The monoisotopic (exact) mass is 451 g/mol. The minimum absolute atomic E-state index is 0.119. The van der Waals surface area contributed by atoms with E-state index in [0.29, 0.717) is 6.42 Å². The predicted octanol–water partition coefficient (Wildman–Crippen LogP) is 1.93. The van der Waals surface area contributed by atoms with E-state index in [1.54, 1.807) is 13.8 Å². The zero-order valence-electron chi connectivity index (χ0n) is 18.8. The largest absolute Gasteiger partial charge is 0.344 e. The molecule has 33 heavy (non-hydrogen) atoms. The van der Waals surface area contributed by atoms with Crippen LogP contribution < -0.4 is 10.8 Å². The van der Waals surface area contributed by atoms with E-state index in [-0.39, 0.29) is 31.4 Å². The third-order valence-electron chi connectivity index (χ3n) is 5.33. The Bertz CT molecular complexity index is 978. The van der Waals surface area contributed by atoms with Crippen LogP contribution in [0.5, 0.6) is 0 Å². The lowest BCUT2D eigenvalue weighted by atomic mass is 9.98. The summed E-state index contributed by atoms with van der Waals surface area (Å²) in [6.07, 6.45) is 0.423. The summed E-state index contributed by atoms with van der Waals surface area (Å²) in [7, 11) is 0. The fourth-order valence-electron chi connectivity index (χ4n) is 3.68. The summed E-state index contributed by atoms with van der Waals surface area (Å²) < 4.78 is 0. The molecule has 3 amide bonds. The molecule has 0 aromatic heterocycles. The Morgan fingerprint density at radius 1 is 1.03 bits per heavy atom. The highest BCUT2D eigenvalue weighted by Crippen LogP contribution is 2.19. The Morgan fingerprint density at radius 2 is 1.64 bits per heavy atom. The molecule has 0 bridgehead atoms. The maximum absolute atomic E-state index is 13.5. The van der Waals surface area contributed by atoms with Gasteiger partial charge in [0.2, 0.25) is 17.6 Å². The predicted molar refractivity (Wildman–Crippen MR) is 121 cm³/mol. The first-order chi connectivity index (χ1) is 15.8. The van der Waals surface area contributed by atoms with Crippen LogP contribution in [0.25, 0.3) is 0 Å². The topological polar surface area (TPSA) is 105 Å². The minimum Gasteiger partial charge on any atom is -0.344 e. The Morgan fingerprint density at radius 3 is 2.18 bits per heavy atom. The van der Waals surface area contributed by atoms with Crippen molar-refractivity contribution in [3.63, 3.8) is 0 Å². The van der Waals surface area contributed by atoms with Crippen LogP contribution in [0.4, 0.5) is 0 Å². The highest BCUT2D eigenvalue weighted by atomic mass is 16.7. The molecule has 0 spiro atoms. The van der Waals surface area contributed by atoms with Gasteiger partial charge in [0, 0.05) is 19.4 Å². The van der Waals surface area contributed by atoms with Gasteiger partial charge in [-0.25, -0.2) is 5.48 Å². The van der Waals surface area contributed by atoms with Crippen LogP contribution >= 0.6 is 0 Å². The van der Waals surface area contributed by atoms with Crippen molar-refractivity contribution in [3.05, 3.63) is 71.8 Å². The fraction of sp³-hybridized carbons (Fsp3) is 0.360.